The van der Waals surface area contributed by atoms with E-state index in [2.05, 4.69) is 0 Å². The first kappa shape index (κ1) is 14.4. The minimum atomic E-state index is -1.00. The Balaban J connectivity index is 2.10. The predicted octanol–water partition coefficient (Wildman–Crippen LogP) is 2.03. The lowest BCUT2D eigenvalue weighted by molar-refractivity contribution is -0.142. The lowest BCUT2D eigenvalue weighted by atomic mass is 10.1. The van der Waals surface area contributed by atoms with E-state index in [1.807, 2.05) is 0 Å². The molecule has 0 radical (unpaired) electrons. The van der Waals surface area contributed by atoms with Crippen LogP contribution in [0.1, 0.15) is 18.9 Å². The standard InChI is InChI=1S/C14H15F2NO3/c1-2-17(13(18)8-6-9(8)14(19)20)7-10-11(15)4-3-5-12(10)16/h3-5,8-9H,2,6-7H2,1H3,(H,19,20). The highest BCUT2D eigenvalue weighted by molar-refractivity contribution is 5.89. The number of carbonyl (C=O) groups is 2. The molecule has 0 saturated heterocycles. The fourth-order valence-electron chi connectivity index (χ4n) is 2.20. The maximum Gasteiger partial charge on any atom is 0.307 e. The first-order chi connectivity index (χ1) is 9.45. The Hall–Kier alpha value is -1.98. The summed E-state index contributed by atoms with van der Waals surface area (Å²) in [5.41, 5.74) is -0.171. The molecule has 1 amide bonds. The van der Waals surface area contributed by atoms with E-state index in [0.717, 1.165) is 12.1 Å². The first-order valence-corrected chi connectivity index (χ1v) is 6.40. The van der Waals surface area contributed by atoms with Crippen LogP contribution in [0.3, 0.4) is 0 Å². The monoisotopic (exact) mass is 283 g/mol. The molecule has 2 atom stereocenters. The molecule has 6 heteroatoms. The number of carbonyl (C=O) groups excluding carboxylic acids is 1. The van der Waals surface area contributed by atoms with E-state index >= 15 is 0 Å². The highest BCUT2D eigenvalue weighted by atomic mass is 19.1. The van der Waals surface area contributed by atoms with E-state index in [9.17, 15) is 18.4 Å². The quantitative estimate of drug-likeness (QED) is 0.899. The van der Waals surface area contributed by atoms with Crippen LogP contribution < -0.4 is 0 Å². The number of amides is 1. The average Bonchev–Trinajstić information content (AvgIpc) is 3.18. The molecule has 2 unspecified atom stereocenters. The number of halogens is 2. The van der Waals surface area contributed by atoms with Crippen LogP contribution in [0.15, 0.2) is 18.2 Å². The van der Waals surface area contributed by atoms with E-state index in [4.69, 9.17) is 5.11 Å². The number of nitrogens with zero attached hydrogens (tertiary/aromatic N) is 1. The molecule has 1 aromatic carbocycles. The number of carboxylic acids is 1. The molecular weight excluding hydrogens is 268 g/mol. The van der Waals surface area contributed by atoms with Crippen LogP contribution >= 0.6 is 0 Å². The molecule has 0 aromatic heterocycles. The van der Waals surface area contributed by atoms with Crippen molar-refractivity contribution < 1.29 is 23.5 Å². The zero-order chi connectivity index (χ0) is 14.9. The predicted molar refractivity (Wildman–Crippen MR) is 66.7 cm³/mol. The molecule has 0 spiro atoms. The molecule has 20 heavy (non-hydrogen) atoms. The van der Waals surface area contributed by atoms with Crippen LogP contribution in [0.2, 0.25) is 0 Å². The van der Waals surface area contributed by atoms with Gasteiger partial charge in [0, 0.05) is 12.1 Å². The van der Waals surface area contributed by atoms with Gasteiger partial charge in [0.25, 0.3) is 0 Å². The number of benzene rings is 1. The van der Waals surface area contributed by atoms with E-state index in [1.165, 1.54) is 11.0 Å². The van der Waals surface area contributed by atoms with Gasteiger partial charge in [-0.3, -0.25) is 9.59 Å². The van der Waals surface area contributed by atoms with Gasteiger partial charge in [-0.05, 0) is 25.5 Å². The maximum atomic E-state index is 13.6. The van der Waals surface area contributed by atoms with Crippen molar-refractivity contribution in [2.45, 2.75) is 19.9 Å². The van der Waals surface area contributed by atoms with Crippen LogP contribution in [-0.4, -0.2) is 28.4 Å². The van der Waals surface area contributed by atoms with Gasteiger partial charge < -0.3 is 10.0 Å². The van der Waals surface area contributed by atoms with Crippen LogP contribution in [0.4, 0.5) is 8.78 Å². The summed E-state index contributed by atoms with van der Waals surface area (Å²) < 4.78 is 27.1. The molecule has 0 heterocycles. The van der Waals surface area contributed by atoms with Gasteiger partial charge in [0.1, 0.15) is 11.6 Å². The van der Waals surface area contributed by atoms with Gasteiger partial charge in [0.2, 0.25) is 5.91 Å². The molecule has 108 valence electrons. The van der Waals surface area contributed by atoms with Crippen LogP contribution in [-0.2, 0) is 16.1 Å². The Morgan fingerprint density at radius 2 is 1.90 bits per heavy atom. The van der Waals surface area contributed by atoms with Gasteiger partial charge in [-0.15, -0.1) is 0 Å². The van der Waals surface area contributed by atoms with Gasteiger partial charge >= 0.3 is 5.97 Å². The highest BCUT2D eigenvalue weighted by Gasteiger charge is 2.49. The molecule has 1 aromatic rings. The number of carboxylic acid groups (broad SMARTS) is 1. The Labute approximate surface area is 115 Å². The number of hydrogen-bond acceptors (Lipinski definition) is 2. The summed E-state index contributed by atoms with van der Waals surface area (Å²) in [6, 6.07) is 3.52. The van der Waals surface area contributed by atoms with Gasteiger partial charge in [-0.25, -0.2) is 8.78 Å². The molecule has 0 aliphatic heterocycles. The van der Waals surface area contributed by atoms with Crippen molar-refractivity contribution in [3.05, 3.63) is 35.4 Å². The number of hydrogen-bond donors (Lipinski definition) is 1. The van der Waals surface area contributed by atoms with Crippen molar-refractivity contribution in [2.75, 3.05) is 6.54 Å². The second-order valence-electron chi connectivity index (χ2n) is 4.84. The SMILES string of the molecule is CCN(Cc1c(F)cccc1F)C(=O)C1CC1C(=O)O. The highest BCUT2D eigenvalue weighted by Crippen LogP contribution is 2.40. The average molecular weight is 283 g/mol. The van der Waals surface area contributed by atoms with Crippen molar-refractivity contribution in [2.24, 2.45) is 11.8 Å². The van der Waals surface area contributed by atoms with Gasteiger partial charge in [-0.1, -0.05) is 6.07 Å². The van der Waals surface area contributed by atoms with E-state index in [1.54, 1.807) is 6.92 Å². The maximum absolute atomic E-state index is 13.6. The lowest BCUT2D eigenvalue weighted by Crippen LogP contribution is -2.33. The number of aliphatic carboxylic acids is 1. The van der Waals surface area contributed by atoms with Crippen molar-refractivity contribution in [1.82, 2.24) is 4.90 Å². The summed E-state index contributed by atoms with van der Waals surface area (Å²) in [5, 5.41) is 8.81. The second kappa shape index (κ2) is 5.56. The summed E-state index contributed by atoms with van der Waals surface area (Å²) in [6.07, 6.45) is 0.296. The summed E-state index contributed by atoms with van der Waals surface area (Å²) in [4.78, 5) is 24.1. The molecule has 1 aliphatic rings. The fraction of sp³-hybridized carbons (Fsp3) is 0.429. The van der Waals surface area contributed by atoms with Crippen molar-refractivity contribution in [1.29, 1.82) is 0 Å². The molecular formula is C14H15F2NO3. The van der Waals surface area contributed by atoms with Crippen LogP contribution in [0.5, 0.6) is 0 Å². The smallest absolute Gasteiger partial charge is 0.307 e. The van der Waals surface area contributed by atoms with Crippen molar-refractivity contribution in [3.8, 4) is 0 Å². The first-order valence-electron chi connectivity index (χ1n) is 6.40. The van der Waals surface area contributed by atoms with Gasteiger partial charge in [-0.2, -0.15) is 0 Å². The summed E-state index contributed by atoms with van der Waals surface area (Å²) in [6.45, 7) is 1.78. The van der Waals surface area contributed by atoms with Gasteiger partial charge in [0.05, 0.1) is 18.4 Å². The topological polar surface area (TPSA) is 57.6 Å². The van der Waals surface area contributed by atoms with E-state index in [0.29, 0.717) is 6.42 Å². The minimum Gasteiger partial charge on any atom is -0.481 e. The Morgan fingerprint density at radius 3 is 2.35 bits per heavy atom. The summed E-state index contributed by atoms with van der Waals surface area (Å²) in [5.74, 6) is -4.01. The zero-order valence-electron chi connectivity index (χ0n) is 11.0. The molecule has 1 fully saturated rings. The van der Waals surface area contributed by atoms with Crippen molar-refractivity contribution >= 4 is 11.9 Å². The molecule has 1 aliphatic carbocycles. The van der Waals surface area contributed by atoms with Crippen LogP contribution in [0.25, 0.3) is 0 Å². The fourth-order valence-corrected chi connectivity index (χ4v) is 2.20. The van der Waals surface area contributed by atoms with Gasteiger partial charge in [0.15, 0.2) is 0 Å². The molecule has 0 bridgehead atoms. The Morgan fingerprint density at radius 1 is 1.30 bits per heavy atom. The molecule has 1 saturated carbocycles. The largest absolute Gasteiger partial charge is 0.481 e. The third-order valence-corrected chi connectivity index (χ3v) is 3.53. The summed E-state index contributed by atoms with van der Waals surface area (Å²) >= 11 is 0. The van der Waals surface area contributed by atoms with Crippen LogP contribution in [0, 0.1) is 23.5 Å². The van der Waals surface area contributed by atoms with E-state index < -0.39 is 29.4 Å². The Bertz CT molecular complexity index is 527. The third-order valence-electron chi connectivity index (χ3n) is 3.53. The molecule has 2 rings (SSSR count). The Kier molecular flexibility index (Phi) is 4.01. The summed E-state index contributed by atoms with van der Waals surface area (Å²) in [7, 11) is 0. The zero-order valence-corrected chi connectivity index (χ0v) is 11.0. The van der Waals surface area contributed by atoms with Crippen molar-refractivity contribution in [3.63, 3.8) is 0 Å². The third kappa shape index (κ3) is 2.79. The molecule has 1 N–H and O–H groups in total. The lowest BCUT2D eigenvalue weighted by Gasteiger charge is -2.21. The van der Waals surface area contributed by atoms with E-state index in [-0.39, 0.29) is 24.6 Å². The minimum absolute atomic E-state index is 0.171. The normalized spacial score (nSPS) is 20.6. The second-order valence-corrected chi connectivity index (χ2v) is 4.84. The molecule has 4 nitrogen and oxygen atoms in total. The number of rotatable bonds is 5.